The van der Waals surface area contributed by atoms with E-state index in [2.05, 4.69) is 10.6 Å². The topological polar surface area (TPSA) is 87.7 Å². The Bertz CT molecular complexity index is 742. The summed E-state index contributed by atoms with van der Waals surface area (Å²) in [5.74, 6) is -1.11. The van der Waals surface area contributed by atoms with E-state index in [1.807, 2.05) is 0 Å². The molecule has 2 rings (SSSR count). The number of aliphatic hydroxyl groups is 1. The highest BCUT2D eigenvalue weighted by Gasteiger charge is 2.10. The third-order valence-electron chi connectivity index (χ3n) is 3.30. The van der Waals surface area contributed by atoms with Gasteiger partial charge < -0.3 is 20.5 Å². The van der Waals surface area contributed by atoms with Crippen molar-refractivity contribution in [3.8, 4) is 5.75 Å². The van der Waals surface area contributed by atoms with Gasteiger partial charge in [-0.05, 0) is 30.0 Å². The fraction of sp³-hybridized carbons (Fsp3) is 0.294. The number of hydrogen-bond acceptors (Lipinski definition) is 5. The lowest BCUT2D eigenvalue weighted by atomic mass is 10.2. The Morgan fingerprint density at radius 1 is 1.31 bits per heavy atom. The molecule has 0 aliphatic rings. The van der Waals surface area contributed by atoms with E-state index in [-0.39, 0.29) is 36.4 Å². The van der Waals surface area contributed by atoms with Crippen molar-refractivity contribution >= 4 is 34.8 Å². The number of hydrogen-bond donors (Lipinski definition) is 3. The fourth-order valence-corrected chi connectivity index (χ4v) is 2.71. The van der Waals surface area contributed by atoms with Crippen molar-refractivity contribution in [3.63, 3.8) is 0 Å². The van der Waals surface area contributed by atoms with Crippen molar-refractivity contribution in [2.45, 2.75) is 12.5 Å². The number of aliphatic hydroxyl groups excluding tert-OH is 1. The molecule has 2 aromatic rings. The van der Waals surface area contributed by atoms with Crippen molar-refractivity contribution in [1.82, 2.24) is 10.6 Å². The number of rotatable bonds is 9. The van der Waals surface area contributed by atoms with Gasteiger partial charge >= 0.3 is 0 Å². The molecule has 1 aromatic carbocycles. The van der Waals surface area contributed by atoms with Crippen LogP contribution < -0.4 is 15.4 Å². The second-order valence-electron chi connectivity index (χ2n) is 5.34. The van der Waals surface area contributed by atoms with Crippen LogP contribution in [0.25, 0.3) is 0 Å². The molecule has 26 heavy (non-hydrogen) atoms. The van der Waals surface area contributed by atoms with Crippen LogP contribution in [0.3, 0.4) is 0 Å². The highest BCUT2D eigenvalue weighted by atomic mass is 35.5. The van der Waals surface area contributed by atoms with Gasteiger partial charge in [-0.2, -0.15) is 0 Å². The van der Waals surface area contributed by atoms with Crippen LogP contribution in [-0.2, 0) is 4.79 Å². The van der Waals surface area contributed by atoms with Crippen LogP contribution >= 0.6 is 22.9 Å². The number of thiophene rings is 1. The molecule has 0 fully saturated rings. The van der Waals surface area contributed by atoms with Gasteiger partial charge in [0.05, 0.1) is 16.0 Å². The summed E-state index contributed by atoms with van der Waals surface area (Å²) >= 11 is 6.89. The van der Waals surface area contributed by atoms with Gasteiger partial charge in [0.25, 0.3) is 11.8 Å². The lowest BCUT2D eigenvalue weighted by Crippen LogP contribution is -2.37. The molecule has 2 amide bonds. The summed E-state index contributed by atoms with van der Waals surface area (Å²) in [6.07, 6.45) is -0.517. The first-order valence-electron chi connectivity index (χ1n) is 7.80. The predicted molar refractivity (Wildman–Crippen MR) is 97.2 cm³/mol. The average molecular weight is 401 g/mol. The van der Waals surface area contributed by atoms with Crippen LogP contribution in [0, 0.1) is 5.82 Å². The Balaban J connectivity index is 1.60. The molecule has 0 spiro atoms. The summed E-state index contributed by atoms with van der Waals surface area (Å²) in [7, 11) is 0. The second kappa shape index (κ2) is 10.1. The highest BCUT2D eigenvalue weighted by molar-refractivity contribution is 7.12. The summed E-state index contributed by atoms with van der Waals surface area (Å²) in [5, 5.41) is 16.8. The quantitative estimate of drug-likeness (QED) is 0.602. The minimum atomic E-state index is -0.810. The van der Waals surface area contributed by atoms with Gasteiger partial charge in [-0.25, -0.2) is 4.39 Å². The second-order valence-corrected chi connectivity index (χ2v) is 6.70. The van der Waals surface area contributed by atoms with Crippen molar-refractivity contribution < 1.29 is 23.8 Å². The molecule has 1 aromatic heterocycles. The van der Waals surface area contributed by atoms with Crippen molar-refractivity contribution in [2.24, 2.45) is 0 Å². The lowest BCUT2D eigenvalue weighted by molar-refractivity contribution is -0.123. The SMILES string of the molecule is O=C(COc1ccc(Cl)c(F)c1)NCC(O)CCNC(=O)c1cccs1. The van der Waals surface area contributed by atoms with Gasteiger partial charge in [-0.1, -0.05) is 17.7 Å². The van der Waals surface area contributed by atoms with Crippen LogP contribution in [0.5, 0.6) is 5.75 Å². The number of carbonyl (C=O) groups is 2. The average Bonchev–Trinajstić information content (AvgIpc) is 3.15. The monoisotopic (exact) mass is 400 g/mol. The molecular weight excluding hydrogens is 383 g/mol. The highest BCUT2D eigenvalue weighted by Crippen LogP contribution is 2.20. The van der Waals surface area contributed by atoms with Crippen LogP contribution in [0.15, 0.2) is 35.7 Å². The van der Waals surface area contributed by atoms with Gasteiger partial charge in [-0.15, -0.1) is 11.3 Å². The van der Waals surface area contributed by atoms with E-state index in [1.165, 1.54) is 23.5 Å². The zero-order valence-electron chi connectivity index (χ0n) is 13.7. The molecule has 1 atom stereocenters. The van der Waals surface area contributed by atoms with E-state index < -0.39 is 17.8 Å². The summed E-state index contributed by atoms with van der Waals surface area (Å²) in [6, 6.07) is 7.36. The molecule has 0 radical (unpaired) electrons. The summed E-state index contributed by atoms with van der Waals surface area (Å²) in [5.41, 5.74) is 0. The molecule has 1 heterocycles. The predicted octanol–water partition coefficient (Wildman–Crippen LogP) is 2.22. The summed E-state index contributed by atoms with van der Waals surface area (Å²) < 4.78 is 18.4. The van der Waals surface area contributed by atoms with Gasteiger partial charge in [0, 0.05) is 19.2 Å². The molecule has 1 unspecified atom stereocenters. The number of carbonyl (C=O) groups excluding carboxylic acids is 2. The van der Waals surface area contributed by atoms with Crippen LogP contribution in [0.4, 0.5) is 4.39 Å². The minimum Gasteiger partial charge on any atom is -0.484 e. The van der Waals surface area contributed by atoms with Crippen molar-refractivity contribution in [2.75, 3.05) is 19.7 Å². The number of amides is 2. The van der Waals surface area contributed by atoms with Crippen LogP contribution in [0.2, 0.25) is 5.02 Å². The van der Waals surface area contributed by atoms with Crippen molar-refractivity contribution in [3.05, 3.63) is 51.4 Å². The maximum absolute atomic E-state index is 13.2. The van der Waals surface area contributed by atoms with E-state index in [0.29, 0.717) is 11.3 Å². The number of benzene rings is 1. The van der Waals surface area contributed by atoms with Crippen molar-refractivity contribution in [1.29, 1.82) is 0 Å². The van der Waals surface area contributed by atoms with E-state index in [1.54, 1.807) is 17.5 Å². The number of ether oxygens (including phenoxy) is 1. The maximum Gasteiger partial charge on any atom is 0.261 e. The Kier molecular flexibility index (Phi) is 7.83. The van der Waals surface area contributed by atoms with Gasteiger partial charge in [0.15, 0.2) is 6.61 Å². The molecule has 9 heteroatoms. The van der Waals surface area contributed by atoms with E-state index in [0.717, 1.165) is 6.07 Å². The smallest absolute Gasteiger partial charge is 0.261 e. The third-order valence-corrected chi connectivity index (χ3v) is 4.48. The van der Waals surface area contributed by atoms with E-state index >= 15 is 0 Å². The lowest BCUT2D eigenvalue weighted by Gasteiger charge is -2.13. The normalized spacial score (nSPS) is 11.7. The van der Waals surface area contributed by atoms with Gasteiger partial charge in [0.1, 0.15) is 11.6 Å². The Morgan fingerprint density at radius 3 is 2.81 bits per heavy atom. The molecule has 6 nitrogen and oxygen atoms in total. The van der Waals surface area contributed by atoms with Crippen LogP contribution in [-0.4, -0.2) is 42.7 Å². The standard InChI is InChI=1S/C17H18ClFN2O4S/c18-13-4-3-12(8-14(13)19)25-10-16(23)21-9-11(22)5-6-20-17(24)15-2-1-7-26-15/h1-4,7-8,11,22H,5-6,9-10H2,(H,20,24)(H,21,23). The molecule has 140 valence electrons. The Morgan fingerprint density at radius 2 is 2.12 bits per heavy atom. The van der Waals surface area contributed by atoms with Gasteiger partial charge in [-0.3, -0.25) is 9.59 Å². The molecule has 0 bridgehead atoms. The largest absolute Gasteiger partial charge is 0.484 e. The zero-order valence-corrected chi connectivity index (χ0v) is 15.3. The fourth-order valence-electron chi connectivity index (χ4n) is 1.95. The molecule has 0 aliphatic carbocycles. The van der Waals surface area contributed by atoms with E-state index in [9.17, 15) is 19.1 Å². The molecular formula is C17H18ClFN2O4S. The summed E-state index contributed by atoms with van der Waals surface area (Å²) in [4.78, 5) is 24.0. The minimum absolute atomic E-state index is 0.0199. The molecule has 0 saturated carbocycles. The zero-order chi connectivity index (χ0) is 18.9. The summed E-state index contributed by atoms with van der Waals surface area (Å²) in [6.45, 7) is -0.0106. The number of halogens is 2. The molecule has 0 saturated heterocycles. The maximum atomic E-state index is 13.2. The Labute approximate surface area is 158 Å². The third kappa shape index (κ3) is 6.62. The van der Waals surface area contributed by atoms with Crippen LogP contribution in [0.1, 0.15) is 16.1 Å². The van der Waals surface area contributed by atoms with Gasteiger partial charge in [0.2, 0.25) is 0 Å². The first kappa shape index (κ1) is 20.2. The van der Waals surface area contributed by atoms with E-state index in [4.69, 9.17) is 16.3 Å². The molecule has 0 aliphatic heterocycles. The molecule has 3 N–H and O–H groups in total. The first-order chi connectivity index (χ1) is 12.5. The Hall–Kier alpha value is -2.16. The first-order valence-corrected chi connectivity index (χ1v) is 9.06. The number of nitrogens with one attached hydrogen (secondary N) is 2.